The van der Waals surface area contributed by atoms with Crippen molar-refractivity contribution >= 4 is 22.0 Å². The standard InChI is InChI=1S/C17H20O4S/c1-16(2)14-8-9-17(16,11-22(19,20)21)15(18)13(14)10-12-6-4-3-5-7-12/h3-7,10,14H,8-9,11H2,1-2H3,(H,19,20,21)/b13-10+/t14-,17-/m1/s1. The molecular weight excluding hydrogens is 300 g/mol. The molecule has 0 aliphatic heterocycles. The number of ketones is 1. The van der Waals surface area contributed by atoms with Crippen LogP contribution in [0.25, 0.3) is 6.08 Å². The van der Waals surface area contributed by atoms with Gasteiger partial charge in [0.25, 0.3) is 10.1 Å². The Kier molecular flexibility index (Phi) is 3.34. The lowest BCUT2D eigenvalue weighted by molar-refractivity contribution is -0.125. The molecule has 0 radical (unpaired) electrons. The summed E-state index contributed by atoms with van der Waals surface area (Å²) in [7, 11) is -4.20. The van der Waals surface area contributed by atoms with Gasteiger partial charge < -0.3 is 0 Å². The van der Waals surface area contributed by atoms with E-state index in [1.165, 1.54) is 0 Å². The zero-order valence-corrected chi connectivity index (χ0v) is 13.6. The minimum absolute atomic E-state index is 0.0435. The van der Waals surface area contributed by atoms with Crippen LogP contribution >= 0.6 is 0 Å². The third-order valence-electron chi connectivity index (χ3n) is 5.59. The molecule has 4 nitrogen and oxygen atoms in total. The topological polar surface area (TPSA) is 71.4 Å². The van der Waals surface area contributed by atoms with Crippen LogP contribution in [0.2, 0.25) is 0 Å². The highest BCUT2D eigenvalue weighted by molar-refractivity contribution is 7.85. The van der Waals surface area contributed by atoms with Crippen molar-refractivity contribution in [2.75, 3.05) is 5.75 Å². The van der Waals surface area contributed by atoms with Gasteiger partial charge in [0, 0.05) is 5.57 Å². The molecule has 1 N–H and O–H groups in total. The van der Waals surface area contributed by atoms with Crippen LogP contribution in [0, 0.1) is 16.7 Å². The molecule has 0 heterocycles. The van der Waals surface area contributed by atoms with E-state index in [0.29, 0.717) is 12.0 Å². The summed E-state index contributed by atoms with van der Waals surface area (Å²) < 4.78 is 32.2. The highest BCUT2D eigenvalue weighted by atomic mass is 32.2. The molecule has 2 bridgehead atoms. The van der Waals surface area contributed by atoms with Crippen molar-refractivity contribution < 1.29 is 17.8 Å². The summed E-state index contributed by atoms with van der Waals surface area (Å²) in [5, 5.41) is 0. The van der Waals surface area contributed by atoms with Gasteiger partial charge >= 0.3 is 0 Å². The van der Waals surface area contributed by atoms with Crippen LogP contribution in [-0.4, -0.2) is 24.5 Å². The van der Waals surface area contributed by atoms with Gasteiger partial charge in [-0.15, -0.1) is 0 Å². The number of hydrogen-bond acceptors (Lipinski definition) is 3. The van der Waals surface area contributed by atoms with Crippen LogP contribution in [0.3, 0.4) is 0 Å². The number of rotatable bonds is 3. The highest BCUT2D eigenvalue weighted by Crippen LogP contribution is 2.66. The Balaban J connectivity index is 2.09. The van der Waals surface area contributed by atoms with Gasteiger partial charge in [0.2, 0.25) is 0 Å². The van der Waals surface area contributed by atoms with Crippen LogP contribution in [0.4, 0.5) is 0 Å². The summed E-state index contributed by atoms with van der Waals surface area (Å²) in [5.41, 5.74) is 0.189. The summed E-state index contributed by atoms with van der Waals surface area (Å²) >= 11 is 0. The Labute approximate surface area is 131 Å². The maximum Gasteiger partial charge on any atom is 0.265 e. The summed E-state index contributed by atoms with van der Waals surface area (Å²) in [4.78, 5) is 12.9. The molecule has 3 rings (SSSR count). The predicted molar refractivity (Wildman–Crippen MR) is 84.8 cm³/mol. The molecule has 0 amide bonds. The Hall–Kier alpha value is -1.46. The molecule has 2 atom stereocenters. The summed E-state index contributed by atoms with van der Waals surface area (Å²) in [6.07, 6.45) is 3.18. The molecule has 2 aliphatic carbocycles. The molecule has 118 valence electrons. The minimum Gasteiger partial charge on any atom is -0.294 e. The number of benzene rings is 1. The first kappa shape index (κ1) is 15.4. The molecular formula is C17H20O4S. The second-order valence-electron chi connectivity index (χ2n) is 6.96. The monoisotopic (exact) mass is 320 g/mol. The minimum atomic E-state index is -4.20. The zero-order chi connectivity index (χ0) is 16.2. The second-order valence-corrected chi connectivity index (χ2v) is 8.41. The predicted octanol–water partition coefficient (Wildman–Crippen LogP) is 2.96. The fourth-order valence-electron chi connectivity index (χ4n) is 4.32. The van der Waals surface area contributed by atoms with E-state index in [0.717, 1.165) is 12.0 Å². The normalized spacial score (nSPS) is 31.9. The largest absolute Gasteiger partial charge is 0.294 e. The number of fused-ring (bicyclic) bond motifs is 2. The number of hydrogen-bond donors (Lipinski definition) is 1. The molecule has 5 heteroatoms. The first-order valence-corrected chi connectivity index (χ1v) is 9.05. The smallest absolute Gasteiger partial charge is 0.265 e. The van der Waals surface area contributed by atoms with E-state index >= 15 is 0 Å². The van der Waals surface area contributed by atoms with E-state index in [1.807, 2.05) is 50.3 Å². The average Bonchev–Trinajstić information content (AvgIpc) is 2.73. The van der Waals surface area contributed by atoms with Gasteiger partial charge in [-0.1, -0.05) is 44.2 Å². The lowest BCUT2D eigenvalue weighted by Gasteiger charge is -2.34. The molecule has 22 heavy (non-hydrogen) atoms. The fraction of sp³-hybridized carbons (Fsp3) is 0.471. The molecule has 0 spiro atoms. The lowest BCUT2D eigenvalue weighted by Crippen LogP contribution is -2.42. The number of Topliss-reactive ketones (excluding diaryl/α,β-unsaturated/α-hetero) is 1. The van der Waals surface area contributed by atoms with Crippen molar-refractivity contribution in [2.45, 2.75) is 26.7 Å². The van der Waals surface area contributed by atoms with Gasteiger partial charge in [-0.25, -0.2) is 0 Å². The van der Waals surface area contributed by atoms with E-state index in [1.54, 1.807) is 0 Å². The first-order chi connectivity index (χ1) is 10.2. The summed E-state index contributed by atoms with van der Waals surface area (Å²) in [6.45, 7) is 3.89. The second kappa shape index (κ2) is 4.77. The van der Waals surface area contributed by atoms with Crippen molar-refractivity contribution in [3.05, 3.63) is 41.5 Å². The molecule has 0 aromatic heterocycles. The van der Waals surface area contributed by atoms with Crippen LogP contribution < -0.4 is 0 Å². The Morgan fingerprint density at radius 2 is 1.91 bits per heavy atom. The number of carbonyl (C=O) groups is 1. The zero-order valence-electron chi connectivity index (χ0n) is 12.7. The fourth-order valence-corrected chi connectivity index (χ4v) is 5.59. The Bertz CT molecular complexity index is 746. The van der Waals surface area contributed by atoms with E-state index in [2.05, 4.69) is 0 Å². The van der Waals surface area contributed by atoms with E-state index in [-0.39, 0.29) is 11.7 Å². The van der Waals surface area contributed by atoms with Gasteiger partial charge in [-0.2, -0.15) is 8.42 Å². The van der Waals surface area contributed by atoms with Gasteiger partial charge in [0.05, 0.1) is 11.2 Å². The quantitative estimate of drug-likeness (QED) is 0.686. The molecule has 0 saturated heterocycles. The third kappa shape index (κ3) is 2.15. The van der Waals surface area contributed by atoms with Crippen molar-refractivity contribution in [1.29, 1.82) is 0 Å². The molecule has 2 fully saturated rings. The van der Waals surface area contributed by atoms with E-state index < -0.39 is 26.7 Å². The molecule has 2 saturated carbocycles. The van der Waals surface area contributed by atoms with E-state index in [9.17, 15) is 17.8 Å². The van der Waals surface area contributed by atoms with Crippen molar-refractivity contribution in [3.63, 3.8) is 0 Å². The van der Waals surface area contributed by atoms with Crippen LogP contribution in [0.15, 0.2) is 35.9 Å². The maximum absolute atomic E-state index is 12.9. The van der Waals surface area contributed by atoms with Gasteiger partial charge in [0.15, 0.2) is 5.78 Å². The molecule has 0 unspecified atom stereocenters. The van der Waals surface area contributed by atoms with Crippen molar-refractivity contribution in [1.82, 2.24) is 0 Å². The molecule has 1 aromatic rings. The summed E-state index contributed by atoms with van der Waals surface area (Å²) in [6, 6.07) is 9.57. The van der Waals surface area contributed by atoms with Gasteiger partial charge in [-0.3, -0.25) is 9.35 Å². The Morgan fingerprint density at radius 1 is 1.27 bits per heavy atom. The van der Waals surface area contributed by atoms with E-state index in [4.69, 9.17) is 0 Å². The van der Waals surface area contributed by atoms with Gasteiger partial charge in [-0.05, 0) is 35.8 Å². The van der Waals surface area contributed by atoms with Crippen LogP contribution in [-0.2, 0) is 14.9 Å². The molecule has 1 aromatic carbocycles. The van der Waals surface area contributed by atoms with Crippen LogP contribution in [0.5, 0.6) is 0 Å². The number of allylic oxidation sites excluding steroid dienone is 1. The average molecular weight is 320 g/mol. The van der Waals surface area contributed by atoms with Crippen molar-refractivity contribution in [3.8, 4) is 0 Å². The SMILES string of the molecule is CC1(C)[C@@H]2CC[C@@]1(CS(=O)(=O)O)C(=O)/C2=C/c1ccccc1. The van der Waals surface area contributed by atoms with Crippen molar-refractivity contribution in [2.24, 2.45) is 16.7 Å². The lowest BCUT2D eigenvalue weighted by atomic mass is 9.70. The third-order valence-corrected chi connectivity index (χ3v) is 6.44. The first-order valence-electron chi connectivity index (χ1n) is 7.44. The van der Waals surface area contributed by atoms with Gasteiger partial charge in [0.1, 0.15) is 0 Å². The maximum atomic E-state index is 12.9. The highest BCUT2D eigenvalue weighted by Gasteiger charge is 2.67. The number of carbonyl (C=O) groups excluding carboxylic acids is 1. The van der Waals surface area contributed by atoms with Crippen LogP contribution in [0.1, 0.15) is 32.3 Å². The summed E-state index contributed by atoms with van der Waals surface area (Å²) in [5.74, 6) is -0.550. The molecule has 2 aliphatic rings. The Morgan fingerprint density at radius 3 is 2.50 bits per heavy atom.